The largest absolute Gasteiger partial charge is 0.393 e. The van der Waals surface area contributed by atoms with Crippen LogP contribution < -0.4 is 5.32 Å². The number of hydrogen-bond donors (Lipinski definition) is 2. The van der Waals surface area contributed by atoms with Gasteiger partial charge in [0.25, 0.3) is 5.91 Å². The minimum atomic E-state index is -0.395. The Morgan fingerprint density at radius 3 is 2.61 bits per heavy atom. The van der Waals surface area contributed by atoms with Crippen LogP contribution in [0.4, 0.5) is 0 Å². The number of aromatic nitrogens is 1. The molecule has 1 aromatic rings. The molecule has 1 amide bonds. The molecule has 0 saturated carbocycles. The quantitative estimate of drug-likeness (QED) is 0.813. The van der Waals surface area contributed by atoms with E-state index in [1.54, 1.807) is 6.07 Å². The maximum absolute atomic E-state index is 11.7. The molecule has 5 heteroatoms. The third kappa shape index (κ3) is 4.14. The number of rotatable bonds is 6. The topological polar surface area (TPSA) is 75.4 Å². The molecule has 0 fully saturated rings. The van der Waals surface area contributed by atoms with Gasteiger partial charge in [-0.1, -0.05) is 32.9 Å². The Labute approximate surface area is 108 Å². The van der Waals surface area contributed by atoms with Crippen molar-refractivity contribution in [2.45, 2.75) is 46.1 Å². The summed E-state index contributed by atoms with van der Waals surface area (Å²) in [5, 5.41) is 16.0. The smallest absolute Gasteiger partial charge is 0.273 e. The molecule has 0 aliphatic rings. The molecule has 1 aromatic heterocycles. The maximum atomic E-state index is 11.7. The molecule has 1 heterocycles. The molecule has 1 unspecified atom stereocenters. The van der Waals surface area contributed by atoms with Crippen LogP contribution in [0.2, 0.25) is 0 Å². The van der Waals surface area contributed by atoms with E-state index in [0.717, 1.165) is 0 Å². The van der Waals surface area contributed by atoms with Crippen molar-refractivity contribution in [3.8, 4) is 0 Å². The second kappa shape index (κ2) is 6.54. The van der Waals surface area contributed by atoms with Gasteiger partial charge >= 0.3 is 0 Å². The molecule has 0 saturated heterocycles. The zero-order valence-corrected chi connectivity index (χ0v) is 11.4. The SMILES string of the molecule is CC(C)c1cc(C(=O)NCCC(O)C(C)C)no1. The van der Waals surface area contributed by atoms with E-state index in [4.69, 9.17) is 4.52 Å². The summed E-state index contributed by atoms with van der Waals surface area (Å²) in [5.41, 5.74) is 0.290. The molecule has 18 heavy (non-hydrogen) atoms. The van der Waals surface area contributed by atoms with E-state index in [-0.39, 0.29) is 23.4 Å². The van der Waals surface area contributed by atoms with Crippen molar-refractivity contribution < 1.29 is 14.4 Å². The summed E-state index contributed by atoms with van der Waals surface area (Å²) in [7, 11) is 0. The van der Waals surface area contributed by atoms with Crippen molar-refractivity contribution in [3.63, 3.8) is 0 Å². The van der Waals surface area contributed by atoms with Gasteiger partial charge in [-0.3, -0.25) is 4.79 Å². The minimum Gasteiger partial charge on any atom is -0.393 e. The predicted molar refractivity (Wildman–Crippen MR) is 68.4 cm³/mol. The van der Waals surface area contributed by atoms with Gasteiger partial charge in [0.2, 0.25) is 0 Å². The summed E-state index contributed by atoms with van der Waals surface area (Å²) >= 11 is 0. The number of carbonyl (C=O) groups excluding carboxylic acids is 1. The summed E-state index contributed by atoms with van der Waals surface area (Å²) in [5.74, 6) is 0.840. The zero-order valence-electron chi connectivity index (χ0n) is 11.4. The van der Waals surface area contributed by atoms with E-state index in [1.165, 1.54) is 0 Å². The van der Waals surface area contributed by atoms with E-state index >= 15 is 0 Å². The highest BCUT2D eigenvalue weighted by Crippen LogP contribution is 2.14. The van der Waals surface area contributed by atoms with E-state index in [0.29, 0.717) is 18.7 Å². The predicted octanol–water partition coefficient (Wildman–Crippen LogP) is 1.93. The lowest BCUT2D eigenvalue weighted by Crippen LogP contribution is -2.28. The summed E-state index contributed by atoms with van der Waals surface area (Å²) in [6.07, 6.45) is 0.145. The normalized spacial score (nSPS) is 13.1. The van der Waals surface area contributed by atoms with Crippen LogP contribution in [0, 0.1) is 5.92 Å². The van der Waals surface area contributed by atoms with Crippen molar-refractivity contribution in [2.75, 3.05) is 6.54 Å². The van der Waals surface area contributed by atoms with Crippen LogP contribution >= 0.6 is 0 Å². The van der Waals surface area contributed by atoms with Crippen LogP contribution in [0.25, 0.3) is 0 Å². The highest BCUT2D eigenvalue weighted by Gasteiger charge is 2.15. The van der Waals surface area contributed by atoms with Crippen molar-refractivity contribution >= 4 is 5.91 Å². The number of aliphatic hydroxyl groups excluding tert-OH is 1. The Balaban J connectivity index is 2.41. The van der Waals surface area contributed by atoms with Crippen molar-refractivity contribution in [3.05, 3.63) is 17.5 Å². The van der Waals surface area contributed by atoms with Crippen LogP contribution in [0.15, 0.2) is 10.6 Å². The van der Waals surface area contributed by atoms with Gasteiger partial charge in [0.1, 0.15) is 5.76 Å². The first-order valence-corrected chi connectivity index (χ1v) is 6.34. The molecule has 102 valence electrons. The fourth-order valence-corrected chi connectivity index (χ4v) is 1.43. The van der Waals surface area contributed by atoms with Crippen molar-refractivity contribution in [1.29, 1.82) is 0 Å². The first-order chi connectivity index (χ1) is 8.41. The molecule has 0 bridgehead atoms. The Bertz CT molecular complexity index is 385. The number of nitrogens with one attached hydrogen (secondary N) is 1. The highest BCUT2D eigenvalue weighted by atomic mass is 16.5. The van der Waals surface area contributed by atoms with E-state index in [1.807, 2.05) is 27.7 Å². The van der Waals surface area contributed by atoms with Crippen LogP contribution in [0.1, 0.15) is 56.3 Å². The molecule has 5 nitrogen and oxygen atoms in total. The number of carbonyl (C=O) groups is 1. The van der Waals surface area contributed by atoms with Crippen LogP contribution in [0.5, 0.6) is 0 Å². The highest BCUT2D eigenvalue weighted by molar-refractivity contribution is 5.92. The van der Waals surface area contributed by atoms with Gasteiger partial charge in [-0.05, 0) is 12.3 Å². The number of nitrogens with zero attached hydrogens (tertiary/aromatic N) is 1. The lowest BCUT2D eigenvalue weighted by atomic mass is 10.0. The standard InChI is InChI=1S/C13H22N2O3/c1-8(2)11(16)5-6-14-13(17)10-7-12(9(3)4)18-15-10/h7-9,11,16H,5-6H2,1-4H3,(H,14,17). The Morgan fingerprint density at radius 1 is 1.44 bits per heavy atom. The molecule has 0 spiro atoms. The maximum Gasteiger partial charge on any atom is 0.273 e. The Hall–Kier alpha value is -1.36. The number of hydrogen-bond acceptors (Lipinski definition) is 4. The average Bonchev–Trinajstić information content (AvgIpc) is 2.77. The Morgan fingerprint density at radius 2 is 2.11 bits per heavy atom. The third-order valence-electron chi connectivity index (χ3n) is 2.83. The molecular weight excluding hydrogens is 232 g/mol. The van der Waals surface area contributed by atoms with E-state index < -0.39 is 6.10 Å². The minimum absolute atomic E-state index is 0.196. The van der Waals surface area contributed by atoms with E-state index in [9.17, 15) is 9.90 Å². The molecule has 0 aliphatic carbocycles. The summed E-state index contributed by atoms with van der Waals surface area (Å²) in [4.78, 5) is 11.7. The van der Waals surface area contributed by atoms with Gasteiger partial charge in [-0.25, -0.2) is 0 Å². The Kier molecular flexibility index (Phi) is 5.34. The van der Waals surface area contributed by atoms with Crippen LogP contribution in [-0.4, -0.2) is 28.8 Å². The lowest BCUT2D eigenvalue weighted by molar-refractivity contribution is 0.0912. The second-order valence-electron chi connectivity index (χ2n) is 5.13. The first kappa shape index (κ1) is 14.7. The van der Waals surface area contributed by atoms with Gasteiger partial charge in [-0.2, -0.15) is 0 Å². The van der Waals surface area contributed by atoms with Crippen molar-refractivity contribution in [2.24, 2.45) is 5.92 Å². The molecule has 0 aliphatic heterocycles. The van der Waals surface area contributed by atoms with Gasteiger partial charge in [0.15, 0.2) is 5.69 Å². The summed E-state index contributed by atoms with van der Waals surface area (Å²) in [6, 6.07) is 1.65. The molecule has 2 N–H and O–H groups in total. The summed E-state index contributed by atoms with van der Waals surface area (Å²) in [6.45, 7) is 8.27. The first-order valence-electron chi connectivity index (χ1n) is 6.34. The van der Waals surface area contributed by atoms with Gasteiger partial charge < -0.3 is 14.9 Å². The average molecular weight is 254 g/mol. The van der Waals surface area contributed by atoms with Crippen molar-refractivity contribution in [1.82, 2.24) is 10.5 Å². The fourth-order valence-electron chi connectivity index (χ4n) is 1.43. The molecule has 1 rings (SSSR count). The molecular formula is C13H22N2O3. The lowest BCUT2D eigenvalue weighted by Gasteiger charge is -2.13. The summed E-state index contributed by atoms with van der Waals surface area (Å²) < 4.78 is 5.05. The molecule has 1 atom stereocenters. The van der Waals surface area contributed by atoms with Gasteiger partial charge in [0.05, 0.1) is 6.10 Å². The third-order valence-corrected chi connectivity index (χ3v) is 2.83. The molecule has 0 aromatic carbocycles. The number of aliphatic hydroxyl groups is 1. The second-order valence-corrected chi connectivity index (χ2v) is 5.13. The van der Waals surface area contributed by atoms with Gasteiger partial charge in [-0.15, -0.1) is 0 Å². The molecule has 0 radical (unpaired) electrons. The van der Waals surface area contributed by atoms with Gasteiger partial charge in [0, 0.05) is 18.5 Å². The fraction of sp³-hybridized carbons (Fsp3) is 0.692. The zero-order chi connectivity index (χ0) is 13.7. The monoisotopic (exact) mass is 254 g/mol. The van der Waals surface area contributed by atoms with Crippen LogP contribution in [-0.2, 0) is 0 Å². The van der Waals surface area contributed by atoms with Crippen LogP contribution in [0.3, 0.4) is 0 Å². The number of amides is 1. The van der Waals surface area contributed by atoms with E-state index in [2.05, 4.69) is 10.5 Å².